The summed E-state index contributed by atoms with van der Waals surface area (Å²) in [4.78, 5) is 0. The highest BCUT2D eigenvalue weighted by Gasteiger charge is 2.17. The van der Waals surface area contributed by atoms with Crippen molar-refractivity contribution in [2.45, 2.75) is 33.1 Å². The van der Waals surface area contributed by atoms with Gasteiger partial charge in [0.25, 0.3) is 0 Å². The topological polar surface area (TPSA) is 3.88 Å². The molecule has 1 nitrogen and oxygen atoms in total. The summed E-state index contributed by atoms with van der Waals surface area (Å²) >= 11 is 0. The van der Waals surface area contributed by atoms with Gasteiger partial charge in [-0.25, -0.2) is 4.57 Å². The van der Waals surface area contributed by atoms with Crippen LogP contribution in [0.4, 0.5) is 0 Å². The molecule has 0 unspecified atom stereocenters. The van der Waals surface area contributed by atoms with E-state index in [1.807, 2.05) is 0 Å². The zero-order chi connectivity index (χ0) is 13.3. The number of aryl methyl sites for hydroxylation is 2. The van der Waals surface area contributed by atoms with E-state index < -0.39 is 0 Å². The summed E-state index contributed by atoms with van der Waals surface area (Å²) in [5.41, 5.74) is 5.51. The van der Waals surface area contributed by atoms with Gasteiger partial charge in [0.15, 0.2) is 6.20 Å². The van der Waals surface area contributed by atoms with E-state index in [4.69, 9.17) is 0 Å². The molecule has 1 heterocycles. The van der Waals surface area contributed by atoms with Crippen molar-refractivity contribution >= 4 is 0 Å². The van der Waals surface area contributed by atoms with Crippen LogP contribution in [0.15, 0.2) is 42.6 Å². The molecule has 0 amide bonds. The van der Waals surface area contributed by atoms with Gasteiger partial charge in [-0.3, -0.25) is 0 Å². The number of benzene rings is 1. The van der Waals surface area contributed by atoms with E-state index in [1.165, 1.54) is 22.4 Å². The number of hydrogen-bond donors (Lipinski definition) is 0. The summed E-state index contributed by atoms with van der Waals surface area (Å²) in [5, 5.41) is 0. The average Bonchev–Trinajstić information content (AvgIpc) is 2.29. The fourth-order valence-corrected chi connectivity index (χ4v) is 2.22. The minimum Gasteiger partial charge on any atom is -0.201 e. The van der Waals surface area contributed by atoms with Crippen LogP contribution in [0.2, 0.25) is 0 Å². The lowest BCUT2D eigenvalue weighted by Crippen LogP contribution is -2.30. The molecule has 0 bridgehead atoms. The third-order valence-electron chi connectivity index (χ3n) is 3.42. The van der Waals surface area contributed by atoms with Gasteiger partial charge in [0.2, 0.25) is 5.69 Å². The Kier molecular flexibility index (Phi) is 3.25. The minimum absolute atomic E-state index is 0.210. The van der Waals surface area contributed by atoms with Gasteiger partial charge in [0.1, 0.15) is 7.05 Å². The predicted octanol–water partition coefficient (Wildman–Crippen LogP) is 3.78. The molecule has 2 aromatic rings. The number of hydrogen-bond acceptors (Lipinski definition) is 0. The number of nitrogens with zero attached hydrogens (tertiary/aromatic N) is 1. The third-order valence-corrected chi connectivity index (χ3v) is 3.42. The quantitative estimate of drug-likeness (QED) is 0.668. The van der Waals surface area contributed by atoms with Crippen molar-refractivity contribution in [3.63, 3.8) is 0 Å². The Morgan fingerprint density at radius 1 is 1.00 bits per heavy atom. The summed E-state index contributed by atoms with van der Waals surface area (Å²) < 4.78 is 2.17. The van der Waals surface area contributed by atoms with Crippen LogP contribution in [0.5, 0.6) is 0 Å². The normalized spacial score (nSPS) is 11.6. The maximum atomic E-state index is 2.31. The zero-order valence-electron chi connectivity index (χ0n) is 12.0. The highest BCUT2D eigenvalue weighted by molar-refractivity contribution is 5.61. The Labute approximate surface area is 110 Å². The summed E-state index contributed by atoms with van der Waals surface area (Å²) in [7, 11) is 2.09. The van der Waals surface area contributed by atoms with Crippen LogP contribution in [-0.4, -0.2) is 0 Å². The van der Waals surface area contributed by atoms with E-state index in [0.29, 0.717) is 0 Å². The van der Waals surface area contributed by atoms with Crippen LogP contribution < -0.4 is 4.57 Å². The van der Waals surface area contributed by atoms with Gasteiger partial charge in [-0.1, -0.05) is 32.9 Å². The van der Waals surface area contributed by atoms with Gasteiger partial charge in [0, 0.05) is 17.7 Å². The molecule has 0 aliphatic carbocycles. The second-order valence-corrected chi connectivity index (χ2v) is 5.98. The monoisotopic (exact) mass is 240 g/mol. The molecule has 18 heavy (non-hydrogen) atoms. The van der Waals surface area contributed by atoms with E-state index in [1.54, 1.807) is 0 Å². The van der Waals surface area contributed by atoms with Crippen molar-refractivity contribution in [2.75, 3.05) is 0 Å². The highest BCUT2D eigenvalue weighted by Crippen LogP contribution is 2.27. The van der Waals surface area contributed by atoms with Crippen LogP contribution >= 0.6 is 0 Å². The highest BCUT2D eigenvalue weighted by atomic mass is 14.9. The van der Waals surface area contributed by atoms with Crippen molar-refractivity contribution in [1.29, 1.82) is 0 Å². The second kappa shape index (κ2) is 4.56. The molecule has 0 atom stereocenters. The lowest BCUT2D eigenvalue weighted by molar-refractivity contribution is -0.660. The molecular formula is C17H22N+. The fourth-order valence-electron chi connectivity index (χ4n) is 2.22. The molecule has 1 heteroatoms. The maximum Gasteiger partial charge on any atom is 0.212 e. The van der Waals surface area contributed by atoms with Crippen molar-refractivity contribution < 1.29 is 4.57 Å². The molecule has 1 aromatic carbocycles. The van der Waals surface area contributed by atoms with Gasteiger partial charge < -0.3 is 0 Å². The van der Waals surface area contributed by atoms with Gasteiger partial charge >= 0.3 is 0 Å². The van der Waals surface area contributed by atoms with E-state index >= 15 is 0 Å². The van der Waals surface area contributed by atoms with E-state index in [9.17, 15) is 0 Å². The zero-order valence-corrected chi connectivity index (χ0v) is 12.0. The number of aromatic nitrogens is 1. The molecule has 0 aliphatic heterocycles. The van der Waals surface area contributed by atoms with Crippen LogP contribution in [0, 0.1) is 6.92 Å². The SMILES string of the molecule is Cc1cc(C(C)(C)C)ccc1-c1cccc[n+]1C. The fraction of sp³-hybridized carbons (Fsp3) is 0.353. The number of pyridine rings is 1. The molecular weight excluding hydrogens is 218 g/mol. The summed E-state index contributed by atoms with van der Waals surface area (Å²) in [6.45, 7) is 8.95. The van der Waals surface area contributed by atoms with E-state index in [-0.39, 0.29) is 5.41 Å². The molecule has 0 fully saturated rings. The molecule has 0 radical (unpaired) electrons. The van der Waals surface area contributed by atoms with Crippen LogP contribution in [0.25, 0.3) is 11.3 Å². The minimum atomic E-state index is 0.210. The van der Waals surface area contributed by atoms with Crippen molar-refractivity contribution in [3.05, 3.63) is 53.7 Å². The van der Waals surface area contributed by atoms with Gasteiger partial charge in [-0.15, -0.1) is 0 Å². The Bertz CT molecular complexity index is 562. The second-order valence-electron chi connectivity index (χ2n) is 5.98. The summed E-state index contributed by atoms with van der Waals surface area (Å²) in [5.74, 6) is 0. The Balaban J connectivity index is 2.52. The maximum absolute atomic E-state index is 2.31. The Hall–Kier alpha value is -1.63. The third kappa shape index (κ3) is 2.45. The van der Waals surface area contributed by atoms with E-state index in [0.717, 1.165) is 0 Å². The first-order chi connectivity index (χ1) is 8.39. The largest absolute Gasteiger partial charge is 0.212 e. The lowest BCUT2D eigenvalue weighted by atomic mass is 9.85. The average molecular weight is 240 g/mol. The molecule has 0 aliphatic rings. The molecule has 1 aromatic heterocycles. The predicted molar refractivity (Wildman–Crippen MR) is 76.5 cm³/mol. The van der Waals surface area contributed by atoms with E-state index in [2.05, 4.69) is 81.9 Å². The van der Waals surface area contributed by atoms with Crippen LogP contribution in [0.3, 0.4) is 0 Å². The summed E-state index contributed by atoms with van der Waals surface area (Å²) in [6, 6.07) is 13.1. The van der Waals surface area contributed by atoms with Crippen molar-refractivity contribution in [1.82, 2.24) is 0 Å². The molecule has 0 saturated carbocycles. The van der Waals surface area contributed by atoms with Crippen molar-refractivity contribution in [3.8, 4) is 11.3 Å². The molecule has 0 N–H and O–H groups in total. The molecule has 94 valence electrons. The lowest BCUT2D eigenvalue weighted by Gasteiger charge is -2.20. The van der Waals surface area contributed by atoms with Gasteiger partial charge in [-0.2, -0.15) is 0 Å². The standard InChI is InChI=1S/C17H22N/c1-13-12-14(17(2,3)4)9-10-15(13)16-8-6-7-11-18(16)5/h6-12H,1-5H3/q+1. The van der Waals surface area contributed by atoms with Crippen LogP contribution in [0.1, 0.15) is 31.9 Å². The number of rotatable bonds is 1. The first kappa shape index (κ1) is 12.8. The van der Waals surface area contributed by atoms with Gasteiger partial charge in [0.05, 0.1) is 0 Å². The van der Waals surface area contributed by atoms with Crippen molar-refractivity contribution in [2.24, 2.45) is 7.05 Å². The molecule has 0 saturated heterocycles. The Morgan fingerprint density at radius 3 is 2.28 bits per heavy atom. The molecule has 0 spiro atoms. The summed E-state index contributed by atoms with van der Waals surface area (Å²) in [6.07, 6.45) is 2.09. The van der Waals surface area contributed by atoms with Gasteiger partial charge in [-0.05, 0) is 35.6 Å². The first-order valence-corrected chi connectivity index (χ1v) is 6.46. The Morgan fingerprint density at radius 2 is 1.72 bits per heavy atom. The molecule has 2 rings (SSSR count). The smallest absolute Gasteiger partial charge is 0.201 e. The van der Waals surface area contributed by atoms with Crippen LogP contribution in [-0.2, 0) is 12.5 Å². The first-order valence-electron chi connectivity index (χ1n) is 6.46.